The minimum Gasteiger partial charge on any atom is -0.376 e. The summed E-state index contributed by atoms with van der Waals surface area (Å²) >= 11 is 6.06. The predicted molar refractivity (Wildman–Crippen MR) is 121 cm³/mol. The van der Waals surface area contributed by atoms with Gasteiger partial charge in [0.05, 0.1) is 23.8 Å². The van der Waals surface area contributed by atoms with Gasteiger partial charge in [0.15, 0.2) is 5.96 Å². The summed E-state index contributed by atoms with van der Waals surface area (Å²) in [4.78, 5) is 18.8. The fourth-order valence-corrected chi connectivity index (χ4v) is 3.72. The summed E-state index contributed by atoms with van der Waals surface area (Å²) in [5, 5.41) is 6.66. The average Bonchev–Trinajstić information content (AvgIpc) is 3.23. The predicted octanol–water partition coefficient (Wildman–Crippen LogP) is 3.18. The van der Waals surface area contributed by atoms with Gasteiger partial charge < -0.3 is 20.3 Å². The number of nitrogens with one attached hydrogen (secondary N) is 2. The lowest BCUT2D eigenvalue weighted by Gasteiger charge is -2.22. The number of halogens is 1. The van der Waals surface area contributed by atoms with Crippen LogP contribution in [0.3, 0.4) is 0 Å². The zero-order valence-electron chi connectivity index (χ0n) is 17.3. The Kier molecular flexibility index (Phi) is 8.53. The first-order valence-electron chi connectivity index (χ1n) is 10.3. The molecule has 30 heavy (non-hydrogen) atoms. The molecule has 2 N–H and O–H groups in total. The number of benzene rings is 2. The number of ether oxygens (including phenoxy) is 1. The fourth-order valence-electron chi connectivity index (χ4n) is 3.50. The second-order valence-electron chi connectivity index (χ2n) is 7.31. The van der Waals surface area contributed by atoms with Crippen LogP contribution in [0, 0.1) is 5.92 Å². The quantitative estimate of drug-likeness (QED) is 0.385. The van der Waals surface area contributed by atoms with E-state index in [0.29, 0.717) is 36.2 Å². The molecule has 1 fully saturated rings. The van der Waals surface area contributed by atoms with Gasteiger partial charge in [-0.2, -0.15) is 0 Å². The Bertz CT molecular complexity index is 844. The number of nitrogens with zero attached hydrogens (tertiary/aromatic N) is 2. The molecule has 1 saturated heterocycles. The van der Waals surface area contributed by atoms with Crippen molar-refractivity contribution in [2.45, 2.75) is 13.0 Å². The molecule has 2 aromatic carbocycles. The summed E-state index contributed by atoms with van der Waals surface area (Å²) < 4.78 is 5.90. The van der Waals surface area contributed by atoms with E-state index in [2.05, 4.69) is 32.7 Å². The van der Waals surface area contributed by atoms with Crippen molar-refractivity contribution in [2.75, 3.05) is 39.8 Å². The number of hydrogen-bond donors (Lipinski definition) is 2. The summed E-state index contributed by atoms with van der Waals surface area (Å²) in [6.07, 6.45) is 1.08. The third kappa shape index (κ3) is 6.47. The van der Waals surface area contributed by atoms with Crippen molar-refractivity contribution >= 4 is 23.5 Å². The molecule has 0 radical (unpaired) electrons. The largest absolute Gasteiger partial charge is 0.376 e. The highest BCUT2D eigenvalue weighted by Crippen LogP contribution is 2.17. The van der Waals surface area contributed by atoms with E-state index in [1.54, 1.807) is 31.3 Å². The molecular formula is C23H29ClN4O2. The van der Waals surface area contributed by atoms with Gasteiger partial charge in [-0.25, -0.2) is 0 Å². The molecule has 1 heterocycles. The van der Waals surface area contributed by atoms with Gasteiger partial charge in [0, 0.05) is 39.1 Å². The van der Waals surface area contributed by atoms with Gasteiger partial charge in [-0.1, -0.05) is 54.1 Å². The first-order chi connectivity index (χ1) is 14.7. The van der Waals surface area contributed by atoms with Crippen molar-refractivity contribution in [3.8, 4) is 0 Å². The topological polar surface area (TPSA) is 66.0 Å². The summed E-state index contributed by atoms with van der Waals surface area (Å²) in [6, 6.07) is 17.3. The Labute approximate surface area is 183 Å². The molecule has 0 spiro atoms. The molecular weight excluding hydrogens is 400 g/mol. The van der Waals surface area contributed by atoms with E-state index in [1.165, 1.54) is 5.56 Å². The van der Waals surface area contributed by atoms with Crippen LogP contribution in [0.25, 0.3) is 0 Å². The number of aliphatic imine (C=N–C) groups is 1. The smallest absolute Gasteiger partial charge is 0.252 e. The molecule has 0 bridgehead atoms. The van der Waals surface area contributed by atoms with Crippen molar-refractivity contribution < 1.29 is 9.53 Å². The molecule has 1 unspecified atom stereocenters. The standard InChI is InChI=1S/C23H29ClN4O2/c1-25-23(27-13-12-26-22(29)20-9-5-6-10-21(20)24)28-14-11-19(15-28)17-30-16-18-7-3-2-4-8-18/h2-10,19H,11-17H2,1H3,(H,25,27)(H,26,29). The van der Waals surface area contributed by atoms with Crippen LogP contribution in [0.15, 0.2) is 59.6 Å². The molecule has 6 nitrogen and oxygen atoms in total. The Morgan fingerprint density at radius 2 is 1.87 bits per heavy atom. The Morgan fingerprint density at radius 3 is 2.63 bits per heavy atom. The number of hydrogen-bond acceptors (Lipinski definition) is 3. The first kappa shape index (κ1) is 22.1. The van der Waals surface area contributed by atoms with Gasteiger partial charge in [0.25, 0.3) is 5.91 Å². The monoisotopic (exact) mass is 428 g/mol. The summed E-state index contributed by atoms with van der Waals surface area (Å²) in [5.41, 5.74) is 1.69. The van der Waals surface area contributed by atoms with Crippen LogP contribution in [0.4, 0.5) is 0 Å². The SMILES string of the molecule is CN=C(NCCNC(=O)c1ccccc1Cl)N1CCC(COCc2ccccc2)C1. The third-order valence-electron chi connectivity index (χ3n) is 5.07. The average molecular weight is 429 g/mol. The van der Waals surface area contributed by atoms with Crippen LogP contribution < -0.4 is 10.6 Å². The van der Waals surface area contributed by atoms with Crippen LogP contribution in [-0.4, -0.2) is 56.6 Å². The highest BCUT2D eigenvalue weighted by atomic mass is 35.5. The second-order valence-corrected chi connectivity index (χ2v) is 7.72. The maximum atomic E-state index is 12.2. The normalized spacial score (nSPS) is 16.5. The van der Waals surface area contributed by atoms with E-state index < -0.39 is 0 Å². The van der Waals surface area contributed by atoms with Gasteiger partial charge >= 0.3 is 0 Å². The second kappa shape index (κ2) is 11.6. The molecule has 0 aliphatic carbocycles. The van der Waals surface area contributed by atoms with Gasteiger partial charge in [0.1, 0.15) is 0 Å². The van der Waals surface area contributed by atoms with E-state index in [9.17, 15) is 4.79 Å². The highest BCUT2D eigenvalue weighted by Gasteiger charge is 2.24. The number of rotatable bonds is 8. The minimum absolute atomic E-state index is 0.172. The lowest BCUT2D eigenvalue weighted by atomic mass is 10.1. The van der Waals surface area contributed by atoms with Gasteiger partial charge in [-0.15, -0.1) is 0 Å². The van der Waals surface area contributed by atoms with Crippen molar-refractivity contribution in [3.05, 3.63) is 70.7 Å². The van der Waals surface area contributed by atoms with E-state index in [1.807, 2.05) is 18.2 Å². The molecule has 1 atom stereocenters. The third-order valence-corrected chi connectivity index (χ3v) is 5.40. The minimum atomic E-state index is -0.172. The number of likely N-dealkylation sites (tertiary alicyclic amines) is 1. The van der Waals surface area contributed by atoms with Crippen LogP contribution in [-0.2, 0) is 11.3 Å². The van der Waals surface area contributed by atoms with Gasteiger partial charge in [-0.05, 0) is 24.1 Å². The zero-order valence-corrected chi connectivity index (χ0v) is 18.1. The Hall–Kier alpha value is -2.57. The maximum absolute atomic E-state index is 12.2. The van der Waals surface area contributed by atoms with Crippen molar-refractivity contribution in [1.29, 1.82) is 0 Å². The number of guanidine groups is 1. The molecule has 3 rings (SSSR count). The zero-order chi connectivity index (χ0) is 21.2. The molecule has 160 valence electrons. The molecule has 0 aromatic heterocycles. The molecule has 0 saturated carbocycles. The van der Waals surface area contributed by atoms with Crippen LogP contribution in [0.5, 0.6) is 0 Å². The van der Waals surface area contributed by atoms with E-state index in [4.69, 9.17) is 16.3 Å². The lowest BCUT2D eigenvalue weighted by molar-refractivity contribution is 0.0906. The van der Waals surface area contributed by atoms with Crippen LogP contribution >= 0.6 is 11.6 Å². The molecule has 1 amide bonds. The maximum Gasteiger partial charge on any atom is 0.252 e. The van der Waals surface area contributed by atoms with E-state index >= 15 is 0 Å². The summed E-state index contributed by atoms with van der Waals surface area (Å²) in [7, 11) is 1.78. The van der Waals surface area contributed by atoms with Crippen LogP contribution in [0.1, 0.15) is 22.3 Å². The van der Waals surface area contributed by atoms with Crippen molar-refractivity contribution in [1.82, 2.24) is 15.5 Å². The summed E-state index contributed by atoms with van der Waals surface area (Å²) in [5.74, 6) is 1.17. The Balaban J connectivity index is 1.35. The number of carbonyl (C=O) groups is 1. The number of amides is 1. The summed E-state index contributed by atoms with van der Waals surface area (Å²) in [6.45, 7) is 4.34. The van der Waals surface area contributed by atoms with E-state index in [-0.39, 0.29) is 5.91 Å². The van der Waals surface area contributed by atoms with Gasteiger partial charge in [0.2, 0.25) is 0 Å². The fraction of sp³-hybridized carbons (Fsp3) is 0.391. The van der Waals surface area contributed by atoms with Gasteiger partial charge in [-0.3, -0.25) is 9.79 Å². The van der Waals surface area contributed by atoms with Crippen molar-refractivity contribution in [3.63, 3.8) is 0 Å². The number of carbonyl (C=O) groups excluding carboxylic acids is 1. The highest BCUT2D eigenvalue weighted by molar-refractivity contribution is 6.33. The van der Waals surface area contributed by atoms with E-state index in [0.717, 1.165) is 32.1 Å². The molecule has 7 heteroatoms. The van der Waals surface area contributed by atoms with Crippen LogP contribution in [0.2, 0.25) is 5.02 Å². The molecule has 1 aliphatic rings. The molecule has 2 aromatic rings. The Morgan fingerprint density at radius 1 is 1.13 bits per heavy atom. The lowest BCUT2D eigenvalue weighted by Crippen LogP contribution is -2.43. The first-order valence-corrected chi connectivity index (χ1v) is 10.6. The van der Waals surface area contributed by atoms with Crippen molar-refractivity contribution in [2.24, 2.45) is 10.9 Å². The molecule has 1 aliphatic heterocycles.